The highest BCUT2D eigenvalue weighted by atomic mass is 19.1. The van der Waals surface area contributed by atoms with Crippen LogP contribution in [0.3, 0.4) is 0 Å². The second kappa shape index (κ2) is 4.08. The Kier molecular flexibility index (Phi) is 2.96. The van der Waals surface area contributed by atoms with E-state index in [4.69, 9.17) is 0 Å². The summed E-state index contributed by atoms with van der Waals surface area (Å²) in [6, 6.07) is -0.316. The van der Waals surface area contributed by atoms with Crippen LogP contribution in [0.1, 0.15) is 32.6 Å². The SMILES string of the molecule is CC1(CNC(=O)[C@H]2C[C@H](F)CN2)CCC1. The Morgan fingerprint density at radius 2 is 2.33 bits per heavy atom. The molecule has 2 N–H and O–H groups in total. The third-order valence-corrected chi connectivity index (χ3v) is 3.64. The molecule has 1 saturated carbocycles. The molecule has 4 heteroatoms. The molecule has 3 nitrogen and oxygen atoms in total. The highest BCUT2D eigenvalue weighted by Gasteiger charge is 2.34. The lowest BCUT2D eigenvalue weighted by Gasteiger charge is -2.38. The van der Waals surface area contributed by atoms with Gasteiger partial charge in [-0.2, -0.15) is 0 Å². The van der Waals surface area contributed by atoms with Gasteiger partial charge in [0.05, 0.1) is 6.04 Å². The molecule has 0 bridgehead atoms. The molecule has 2 fully saturated rings. The summed E-state index contributed by atoms with van der Waals surface area (Å²) in [4.78, 5) is 11.6. The van der Waals surface area contributed by atoms with Crippen molar-refractivity contribution in [3.63, 3.8) is 0 Å². The van der Waals surface area contributed by atoms with Crippen LogP contribution in [0.5, 0.6) is 0 Å². The van der Waals surface area contributed by atoms with Crippen LogP contribution in [0.25, 0.3) is 0 Å². The number of hydrogen-bond acceptors (Lipinski definition) is 2. The van der Waals surface area contributed by atoms with Crippen molar-refractivity contribution >= 4 is 5.91 Å². The first-order chi connectivity index (χ1) is 7.09. The molecule has 1 amide bonds. The van der Waals surface area contributed by atoms with Crippen LogP contribution in [0.4, 0.5) is 4.39 Å². The number of rotatable bonds is 3. The van der Waals surface area contributed by atoms with Crippen molar-refractivity contribution in [1.29, 1.82) is 0 Å². The molecule has 0 aromatic rings. The molecule has 0 aromatic carbocycles. The van der Waals surface area contributed by atoms with Crippen LogP contribution >= 0.6 is 0 Å². The zero-order valence-corrected chi connectivity index (χ0v) is 9.18. The second-order valence-corrected chi connectivity index (χ2v) is 5.18. The summed E-state index contributed by atoms with van der Waals surface area (Å²) in [6.07, 6.45) is 3.11. The Bertz CT molecular complexity index is 253. The second-order valence-electron chi connectivity index (χ2n) is 5.18. The van der Waals surface area contributed by atoms with E-state index in [1.165, 1.54) is 19.3 Å². The maximum Gasteiger partial charge on any atom is 0.237 e. The van der Waals surface area contributed by atoms with Gasteiger partial charge in [-0.3, -0.25) is 4.79 Å². The number of nitrogens with one attached hydrogen (secondary N) is 2. The number of hydrogen-bond donors (Lipinski definition) is 2. The minimum atomic E-state index is -0.861. The molecule has 1 saturated heterocycles. The van der Waals surface area contributed by atoms with Gasteiger partial charge in [-0.15, -0.1) is 0 Å². The number of amides is 1. The van der Waals surface area contributed by atoms with Crippen molar-refractivity contribution in [3.05, 3.63) is 0 Å². The molecule has 0 spiro atoms. The van der Waals surface area contributed by atoms with Gasteiger partial charge in [-0.05, 0) is 18.3 Å². The van der Waals surface area contributed by atoms with E-state index >= 15 is 0 Å². The maximum absolute atomic E-state index is 12.8. The van der Waals surface area contributed by atoms with E-state index in [0.29, 0.717) is 18.4 Å². The maximum atomic E-state index is 12.8. The smallest absolute Gasteiger partial charge is 0.237 e. The average Bonchev–Trinajstić information content (AvgIpc) is 2.58. The Morgan fingerprint density at radius 1 is 1.60 bits per heavy atom. The molecule has 1 heterocycles. The number of alkyl halides is 1. The van der Waals surface area contributed by atoms with E-state index in [-0.39, 0.29) is 11.9 Å². The third kappa shape index (κ3) is 2.48. The minimum Gasteiger partial charge on any atom is -0.354 e. The first-order valence-corrected chi connectivity index (χ1v) is 5.74. The van der Waals surface area contributed by atoms with Crippen molar-refractivity contribution in [2.75, 3.05) is 13.1 Å². The molecule has 2 aliphatic rings. The van der Waals surface area contributed by atoms with Crippen LogP contribution in [0.2, 0.25) is 0 Å². The van der Waals surface area contributed by atoms with Crippen LogP contribution < -0.4 is 10.6 Å². The Hall–Kier alpha value is -0.640. The van der Waals surface area contributed by atoms with E-state index in [1.807, 2.05) is 0 Å². The van der Waals surface area contributed by atoms with Gasteiger partial charge in [0.2, 0.25) is 5.91 Å². The van der Waals surface area contributed by atoms with Gasteiger partial charge in [-0.25, -0.2) is 4.39 Å². The Morgan fingerprint density at radius 3 is 2.80 bits per heavy atom. The van der Waals surface area contributed by atoms with Gasteiger partial charge in [0.15, 0.2) is 0 Å². The van der Waals surface area contributed by atoms with Crippen molar-refractivity contribution < 1.29 is 9.18 Å². The summed E-state index contributed by atoms with van der Waals surface area (Å²) < 4.78 is 12.8. The van der Waals surface area contributed by atoms with Crippen LogP contribution in [-0.2, 0) is 4.79 Å². The Balaban J connectivity index is 1.72. The van der Waals surface area contributed by atoms with E-state index in [9.17, 15) is 9.18 Å². The molecule has 86 valence electrons. The molecule has 2 rings (SSSR count). The minimum absolute atomic E-state index is 0.0386. The quantitative estimate of drug-likeness (QED) is 0.735. The molecule has 0 unspecified atom stereocenters. The average molecular weight is 214 g/mol. The number of halogens is 1. The van der Waals surface area contributed by atoms with Gasteiger partial charge < -0.3 is 10.6 Å². The van der Waals surface area contributed by atoms with Crippen molar-refractivity contribution in [2.45, 2.75) is 44.8 Å². The monoisotopic (exact) mass is 214 g/mol. The van der Waals surface area contributed by atoms with Gasteiger partial charge in [0.25, 0.3) is 0 Å². The first kappa shape index (κ1) is 10.9. The molecule has 1 aliphatic carbocycles. The molecule has 0 radical (unpaired) electrons. The zero-order chi connectivity index (χ0) is 10.9. The predicted octanol–water partition coefficient (Wildman–Crippen LogP) is 0.993. The number of carbonyl (C=O) groups excluding carboxylic acids is 1. The van der Waals surface area contributed by atoms with E-state index < -0.39 is 6.17 Å². The lowest BCUT2D eigenvalue weighted by atomic mass is 9.70. The third-order valence-electron chi connectivity index (χ3n) is 3.64. The van der Waals surface area contributed by atoms with Gasteiger partial charge >= 0.3 is 0 Å². The standard InChI is InChI=1S/C11H19FN2O/c1-11(3-2-4-11)7-14-10(15)9-5-8(12)6-13-9/h8-9,13H,2-7H2,1H3,(H,14,15)/t8-,9+/m0/s1. The summed E-state index contributed by atoms with van der Waals surface area (Å²) in [7, 11) is 0. The fraction of sp³-hybridized carbons (Fsp3) is 0.909. The van der Waals surface area contributed by atoms with Crippen molar-refractivity contribution in [3.8, 4) is 0 Å². The highest BCUT2D eigenvalue weighted by Crippen LogP contribution is 2.39. The highest BCUT2D eigenvalue weighted by molar-refractivity contribution is 5.82. The molecule has 2 atom stereocenters. The molecule has 0 aromatic heterocycles. The van der Waals surface area contributed by atoms with Gasteiger partial charge in [-0.1, -0.05) is 13.3 Å². The predicted molar refractivity (Wildman–Crippen MR) is 56.3 cm³/mol. The zero-order valence-electron chi connectivity index (χ0n) is 9.18. The lowest BCUT2D eigenvalue weighted by molar-refractivity contribution is -0.123. The largest absolute Gasteiger partial charge is 0.354 e. The lowest BCUT2D eigenvalue weighted by Crippen LogP contribution is -2.46. The van der Waals surface area contributed by atoms with Crippen molar-refractivity contribution in [2.24, 2.45) is 5.41 Å². The van der Waals surface area contributed by atoms with Crippen LogP contribution in [0, 0.1) is 5.41 Å². The fourth-order valence-electron chi connectivity index (χ4n) is 2.27. The van der Waals surface area contributed by atoms with Crippen LogP contribution in [-0.4, -0.2) is 31.2 Å². The van der Waals surface area contributed by atoms with Gasteiger partial charge in [0, 0.05) is 19.5 Å². The van der Waals surface area contributed by atoms with Crippen molar-refractivity contribution in [1.82, 2.24) is 10.6 Å². The van der Waals surface area contributed by atoms with E-state index in [0.717, 1.165) is 6.54 Å². The normalized spacial score (nSPS) is 33.5. The topological polar surface area (TPSA) is 41.1 Å². The summed E-state index contributed by atoms with van der Waals surface area (Å²) >= 11 is 0. The molecular weight excluding hydrogens is 195 g/mol. The fourth-order valence-corrected chi connectivity index (χ4v) is 2.27. The first-order valence-electron chi connectivity index (χ1n) is 5.74. The number of carbonyl (C=O) groups is 1. The van der Waals surface area contributed by atoms with E-state index in [2.05, 4.69) is 17.6 Å². The summed E-state index contributed by atoms with van der Waals surface area (Å²) in [5.41, 5.74) is 0.295. The van der Waals surface area contributed by atoms with Crippen LogP contribution in [0.15, 0.2) is 0 Å². The molecular formula is C11H19FN2O. The summed E-state index contributed by atoms with van der Waals surface area (Å²) in [5, 5.41) is 5.81. The summed E-state index contributed by atoms with van der Waals surface area (Å²) in [5.74, 6) is -0.0386. The Labute approximate surface area is 89.8 Å². The van der Waals surface area contributed by atoms with Gasteiger partial charge in [0.1, 0.15) is 6.17 Å². The van der Waals surface area contributed by atoms with E-state index in [1.54, 1.807) is 0 Å². The summed E-state index contributed by atoms with van der Waals surface area (Å²) in [6.45, 7) is 3.24. The molecule has 15 heavy (non-hydrogen) atoms. The molecule has 1 aliphatic heterocycles.